The topological polar surface area (TPSA) is 92.3 Å². The van der Waals surface area contributed by atoms with Crippen molar-refractivity contribution in [1.82, 2.24) is 15.8 Å². The molecule has 2 atom stereocenters. The van der Waals surface area contributed by atoms with Crippen molar-refractivity contribution >= 4 is 41.0 Å². The molecular weight excluding hydrogens is 467 g/mol. The SMILES string of the molecule is C=CCOc1ccc(Cl)c(Cl)c1[C@H]1CN=C(NNC(=O)C2CCN(C(=O)OC(C)(C)C)C2)C1. The van der Waals surface area contributed by atoms with Crippen molar-refractivity contribution in [3.05, 3.63) is 40.4 Å². The summed E-state index contributed by atoms with van der Waals surface area (Å²) in [6, 6.07) is 3.49. The van der Waals surface area contributed by atoms with Gasteiger partial charge in [-0.1, -0.05) is 35.9 Å². The van der Waals surface area contributed by atoms with Gasteiger partial charge in [0.2, 0.25) is 5.91 Å². The highest BCUT2D eigenvalue weighted by atomic mass is 35.5. The largest absolute Gasteiger partial charge is 0.489 e. The molecule has 33 heavy (non-hydrogen) atoms. The number of aliphatic imine (C=N–C) groups is 1. The number of nitrogens with one attached hydrogen (secondary N) is 2. The Morgan fingerprint density at radius 3 is 2.79 bits per heavy atom. The number of likely N-dealkylation sites (tertiary alicyclic amines) is 1. The van der Waals surface area contributed by atoms with Crippen molar-refractivity contribution in [2.24, 2.45) is 10.9 Å². The van der Waals surface area contributed by atoms with E-state index in [4.69, 9.17) is 32.7 Å². The number of halogens is 2. The predicted molar refractivity (Wildman–Crippen MR) is 129 cm³/mol. The van der Waals surface area contributed by atoms with E-state index in [0.717, 1.165) is 5.56 Å². The van der Waals surface area contributed by atoms with Crippen LogP contribution in [-0.4, -0.2) is 54.6 Å². The van der Waals surface area contributed by atoms with Gasteiger partial charge in [-0.15, -0.1) is 0 Å². The van der Waals surface area contributed by atoms with Crippen LogP contribution in [0.15, 0.2) is 29.8 Å². The molecule has 0 saturated carbocycles. The number of hydrazine groups is 1. The molecule has 1 aromatic rings. The maximum absolute atomic E-state index is 12.6. The molecule has 8 nitrogen and oxygen atoms in total. The average molecular weight is 497 g/mol. The molecule has 0 spiro atoms. The Hall–Kier alpha value is -2.45. The lowest BCUT2D eigenvalue weighted by molar-refractivity contribution is -0.125. The van der Waals surface area contributed by atoms with E-state index in [1.807, 2.05) is 20.8 Å². The summed E-state index contributed by atoms with van der Waals surface area (Å²) < 4.78 is 11.1. The molecular formula is C23H30Cl2N4O4. The monoisotopic (exact) mass is 496 g/mol. The van der Waals surface area contributed by atoms with Crippen molar-refractivity contribution in [2.45, 2.75) is 45.1 Å². The number of carbonyl (C=O) groups excluding carboxylic acids is 2. The van der Waals surface area contributed by atoms with Gasteiger partial charge < -0.3 is 14.4 Å². The highest BCUT2D eigenvalue weighted by molar-refractivity contribution is 6.42. The summed E-state index contributed by atoms with van der Waals surface area (Å²) in [7, 11) is 0. The van der Waals surface area contributed by atoms with E-state index in [0.29, 0.717) is 60.7 Å². The van der Waals surface area contributed by atoms with Crippen molar-refractivity contribution in [3.63, 3.8) is 0 Å². The molecule has 1 unspecified atom stereocenters. The molecule has 2 N–H and O–H groups in total. The minimum atomic E-state index is -0.571. The van der Waals surface area contributed by atoms with Crippen molar-refractivity contribution < 1.29 is 19.1 Å². The number of hydrogen-bond acceptors (Lipinski definition) is 6. The zero-order chi connectivity index (χ0) is 24.2. The highest BCUT2D eigenvalue weighted by Crippen LogP contribution is 2.41. The normalized spacial score (nSPS) is 20.3. The smallest absolute Gasteiger partial charge is 0.410 e. The molecule has 1 saturated heterocycles. The summed E-state index contributed by atoms with van der Waals surface area (Å²) in [6.45, 7) is 10.8. The summed E-state index contributed by atoms with van der Waals surface area (Å²) >= 11 is 12.7. The number of amidine groups is 1. The second-order valence-electron chi connectivity index (χ2n) is 9.09. The zero-order valence-corrected chi connectivity index (χ0v) is 20.6. The Balaban J connectivity index is 1.53. The Kier molecular flexibility index (Phi) is 8.13. The molecule has 1 aromatic carbocycles. The van der Waals surface area contributed by atoms with E-state index in [9.17, 15) is 9.59 Å². The number of carbonyl (C=O) groups is 2. The molecule has 1 fully saturated rings. The fourth-order valence-corrected chi connectivity index (χ4v) is 4.25. The number of amides is 2. The number of nitrogens with zero attached hydrogens (tertiary/aromatic N) is 2. The van der Waals surface area contributed by atoms with E-state index in [2.05, 4.69) is 22.4 Å². The Labute approximate surface area is 204 Å². The van der Waals surface area contributed by atoms with Crippen molar-refractivity contribution in [3.8, 4) is 5.75 Å². The lowest BCUT2D eigenvalue weighted by atomic mass is 9.96. The zero-order valence-electron chi connectivity index (χ0n) is 19.1. The van der Waals surface area contributed by atoms with Crippen molar-refractivity contribution in [2.75, 3.05) is 26.2 Å². The number of rotatable bonds is 5. The van der Waals surface area contributed by atoms with Gasteiger partial charge in [0.25, 0.3) is 0 Å². The van der Waals surface area contributed by atoms with Crippen LogP contribution in [0.1, 0.15) is 45.1 Å². The molecule has 0 bridgehead atoms. The third-order valence-corrected chi connectivity index (χ3v) is 6.16. The lowest BCUT2D eigenvalue weighted by Gasteiger charge is -2.24. The van der Waals surface area contributed by atoms with Gasteiger partial charge in [0.05, 0.1) is 16.0 Å². The predicted octanol–water partition coefficient (Wildman–Crippen LogP) is 4.32. The second-order valence-corrected chi connectivity index (χ2v) is 9.87. The molecule has 0 aliphatic carbocycles. The van der Waals surface area contributed by atoms with Crippen LogP contribution in [0.3, 0.4) is 0 Å². The quantitative estimate of drug-likeness (QED) is 0.467. The summed E-state index contributed by atoms with van der Waals surface area (Å²) in [6.07, 6.45) is 2.37. The first-order chi connectivity index (χ1) is 15.6. The summed E-state index contributed by atoms with van der Waals surface area (Å²) in [5.74, 6) is 0.737. The van der Waals surface area contributed by atoms with Crippen LogP contribution in [0.25, 0.3) is 0 Å². The summed E-state index contributed by atoms with van der Waals surface area (Å²) in [4.78, 5) is 30.9. The third kappa shape index (κ3) is 6.54. The van der Waals surface area contributed by atoms with Gasteiger partial charge in [0.1, 0.15) is 23.8 Å². The number of benzene rings is 1. The van der Waals surface area contributed by atoms with Gasteiger partial charge in [0.15, 0.2) is 0 Å². The minimum absolute atomic E-state index is 0.0374. The fraction of sp³-hybridized carbons (Fsp3) is 0.522. The van der Waals surface area contributed by atoms with Gasteiger partial charge in [0, 0.05) is 37.5 Å². The second kappa shape index (κ2) is 10.7. The molecule has 0 radical (unpaired) electrons. The standard InChI is InChI=1S/C23H30Cl2N4O4/c1-5-10-32-17-7-6-16(24)20(25)19(17)15-11-18(26-12-15)27-28-21(30)14-8-9-29(13-14)22(31)33-23(2,3)4/h5-7,14-15H,1,8-13H2,2-4H3,(H,26,27)(H,28,30)/t14?,15-/m1/s1. The van der Waals surface area contributed by atoms with Gasteiger partial charge in [-0.3, -0.25) is 20.6 Å². The Morgan fingerprint density at radius 1 is 1.33 bits per heavy atom. The first kappa shape index (κ1) is 25.2. The van der Waals surface area contributed by atoms with E-state index in [1.54, 1.807) is 23.1 Å². The van der Waals surface area contributed by atoms with E-state index < -0.39 is 11.7 Å². The highest BCUT2D eigenvalue weighted by Gasteiger charge is 2.34. The summed E-state index contributed by atoms with van der Waals surface area (Å²) in [5.41, 5.74) is 5.86. The number of hydrogen-bond donors (Lipinski definition) is 2. The maximum Gasteiger partial charge on any atom is 0.410 e. The third-order valence-electron chi connectivity index (χ3n) is 5.34. The first-order valence-corrected chi connectivity index (χ1v) is 11.6. The first-order valence-electron chi connectivity index (χ1n) is 10.9. The summed E-state index contributed by atoms with van der Waals surface area (Å²) in [5, 5.41) is 0.889. The molecule has 180 valence electrons. The van der Waals surface area contributed by atoms with Crippen molar-refractivity contribution in [1.29, 1.82) is 0 Å². The van der Waals surface area contributed by atoms with Crippen LogP contribution in [0, 0.1) is 5.92 Å². The van der Waals surface area contributed by atoms with Gasteiger partial charge in [-0.25, -0.2) is 4.79 Å². The molecule has 2 aliphatic rings. The van der Waals surface area contributed by atoms with E-state index >= 15 is 0 Å². The fourth-order valence-electron chi connectivity index (χ4n) is 3.77. The Bertz CT molecular complexity index is 945. The Morgan fingerprint density at radius 2 is 2.09 bits per heavy atom. The van der Waals surface area contributed by atoms with E-state index in [-0.39, 0.29) is 17.7 Å². The van der Waals surface area contributed by atoms with Gasteiger partial charge in [-0.05, 0) is 39.3 Å². The molecule has 3 rings (SSSR count). The van der Waals surface area contributed by atoms with Crippen LogP contribution in [0.5, 0.6) is 5.75 Å². The minimum Gasteiger partial charge on any atom is -0.489 e. The van der Waals surface area contributed by atoms with E-state index in [1.165, 1.54) is 0 Å². The van der Waals surface area contributed by atoms with Gasteiger partial charge >= 0.3 is 6.09 Å². The lowest BCUT2D eigenvalue weighted by Crippen LogP contribution is -2.45. The maximum atomic E-state index is 12.6. The van der Waals surface area contributed by atoms with Gasteiger partial charge in [-0.2, -0.15) is 0 Å². The molecule has 0 aromatic heterocycles. The average Bonchev–Trinajstić information content (AvgIpc) is 3.41. The van der Waals surface area contributed by atoms with Crippen LogP contribution in [0.4, 0.5) is 4.79 Å². The van der Waals surface area contributed by atoms with Crippen LogP contribution in [0.2, 0.25) is 10.0 Å². The molecule has 10 heteroatoms. The number of ether oxygens (including phenoxy) is 2. The molecule has 2 aliphatic heterocycles. The van der Waals surface area contributed by atoms with Crippen LogP contribution in [-0.2, 0) is 9.53 Å². The molecule has 2 heterocycles. The van der Waals surface area contributed by atoms with Crippen LogP contribution < -0.4 is 15.6 Å². The molecule has 2 amide bonds. The van der Waals surface area contributed by atoms with Crippen LogP contribution >= 0.6 is 23.2 Å².